The van der Waals surface area contributed by atoms with Crippen LogP contribution in [0.4, 0.5) is 0 Å². The Kier molecular flexibility index (Phi) is 8.72. The van der Waals surface area contributed by atoms with Crippen LogP contribution >= 0.6 is 11.3 Å². The van der Waals surface area contributed by atoms with E-state index >= 15 is 0 Å². The number of hydrogen-bond acceptors (Lipinski definition) is 4. The van der Waals surface area contributed by atoms with Crippen LogP contribution in [0.2, 0.25) is 0 Å². The number of unbranched alkanes of at least 4 members (excludes halogenated alkanes) is 2. The smallest absolute Gasteiger partial charge is 0.281 e. The van der Waals surface area contributed by atoms with Crippen LogP contribution in [-0.2, 0) is 10.2 Å². The van der Waals surface area contributed by atoms with Gasteiger partial charge in [-0.3, -0.25) is 4.79 Å². The molecular formula is C19H33N3O3S2. The Morgan fingerprint density at radius 1 is 1.19 bits per heavy atom. The zero-order valence-corrected chi connectivity index (χ0v) is 18.4. The largest absolute Gasteiger partial charge is 0.349 e. The number of thiophene rings is 1. The number of piperidine rings is 1. The van der Waals surface area contributed by atoms with Gasteiger partial charge in [-0.1, -0.05) is 26.7 Å². The van der Waals surface area contributed by atoms with Crippen molar-refractivity contribution in [3.8, 4) is 0 Å². The Morgan fingerprint density at radius 3 is 2.26 bits per heavy atom. The van der Waals surface area contributed by atoms with Gasteiger partial charge in [-0.2, -0.15) is 17.0 Å². The average molecular weight is 416 g/mol. The van der Waals surface area contributed by atoms with E-state index < -0.39 is 10.2 Å². The van der Waals surface area contributed by atoms with Crippen LogP contribution in [0.5, 0.6) is 0 Å². The number of aryl methyl sites for hydroxylation is 1. The SMILES string of the molecule is CCCCN(CCCC)S(=O)(=O)N1CCC(NC(=O)c2ccc(C)s2)CC1. The normalized spacial score (nSPS) is 16.7. The molecule has 0 bridgehead atoms. The number of hydrogen-bond donors (Lipinski definition) is 1. The maximum Gasteiger partial charge on any atom is 0.281 e. The fourth-order valence-electron chi connectivity index (χ4n) is 3.22. The molecule has 0 aromatic carbocycles. The molecule has 1 saturated heterocycles. The standard InChI is InChI=1S/C19H33N3O3S2/c1-4-6-12-21(13-7-5-2)27(24,25)22-14-10-17(11-15-22)20-19(23)18-9-8-16(3)26-18/h8-9,17H,4-7,10-15H2,1-3H3,(H,20,23). The van der Waals surface area contributed by atoms with Crippen LogP contribution in [0, 0.1) is 6.92 Å². The van der Waals surface area contributed by atoms with Crippen molar-refractivity contribution in [1.82, 2.24) is 13.9 Å². The summed E-state index contributed by atoms with van der Waals surface area (Å²) >= 11 is 1.48. The first-order valence-corrected chi connectivity index (χ1v) is 12.2. The van der Waals surface area contributed by atoms with Gasteiger partial charge in [0.25, 0.3) is 16.1 Å². The van der Waals surface area contributed by atoms with Crippen molar-refractivity contribution < 1.29 is 13.2 Å². The van der Waals surface area contributed by atoms with Gasteiger partial charge in [0.15, 0.2) is 0 Å². The van der Waals surface area contributed by atoms with Crippen LogP contribution in [-0.4, -0.2) is 55.2 Å². The lowest BCUT2D eigenvalue weighted by atomic mass is 10.1. The molecule has 2 rings (SSSR count). The van der Waals surface area contributed by atoms with Gasteiger partial charge in [-0.05, 0) is 44.7 Å². The first kappa shape index (κ1) is 22.3. The average Bonchev–Trinajstić information content (AvgIpc) is 3.08. The molecule has 1 aliphatic heterocycles. The predicted octanol–water partition coefficient (Wildman–Crippen LogP) is 3.40. The highest BCUT2D eigenvalue weighted by Crippen LogP contribution is 2.20. The lowest BCUT2D eigenvalue weighted by molar-refractivity contribution is 0.0927. The highest BCUT2D eigenvalue weighted by atomic mass is 32.2. The lowest BCUT2D eigenvalue weighted by Crippen LogP contribution is -2.51. The first-order chi connectivity index (χ1) is 12.9. The summed E-state index contributed by atoms with van der Waals surface area (Å²) in [4.78, 5) is 14.1. The van der Waals surface area contributed by atoms with Gasteiger partial charge in [0.2, 0.25) is 0 Å². The summed E-state index contributed by atoms with van der Waals surface area (Å²) in [6, 6.07) is 3.82. The Balaban J connectivity index is 1.91. The van der Waals surface area contributed by atoms with Gasteiger partial charge >= 0.3 is 0 Å². The molecule has 1 aromatic heterocycles. The van der Waals surface area contributed by atoms with E-state index in [4.69, 9.17) is 0 Å². The number of nitrogens with one attached hydrogen (secondary N) is 1. The minimum atomic E-state index is -3.41. The van der Waals surface area contributed by atoms with Gasteiger partial charge in [0.1, 0.15) is 0 Å². The highest BCUT2D eigenvalue weighted by molar-refractivity contribution is 7.86. The monoisotopic (exact) mass is 415 g/mol. The number of rotatable bonds is 10. The van der Waals surface area contributed by atoms with Crippen molar-refractivity contribution in [2.75, 3.05) is 26.2 Å². The lowest BCUT2D eigenvalue weighted by Gasteiger charge is -2.35. The molecular weight excluding hydrogens is 382 g/mol. The molecule has 1 amide bonds. The first-order valence-electron chi connectivity index (χ1n) is 10.0. The molecule has 2 heterocycles. The van der Waals surface area contributed by atoms with Gasteiger partial charge in [-0.15, -0.1) is 11.3 Å². The molecule has 27 heavy (non-hydrogen) atoms. The highest BCUT2D eigenvalue weighted by Gasteiger charge is 2.32. The van der Waals surface area contributed by atoms with Crippen LogP contribution < -0.4 is 5.32 Å². The molecule has 0 unspecified atom stereocenters. The molecule has 154 valence electrons. The predicted molar refractivity (Wildman–Crippen MR) is 111 cm³/mol. The Hall–Kier alpha value is -0.960. The van der Waals surface area contributed by atoms with Crippen molar-refractivity contribution >= 4 is 27.5 Å². The van der Waals surface area contributed by atoms with Crippen LogP contribution in [0.3, 0.4) is 0 Å². The van der Waals surface area contributed by atoms with Gasteiger partial charge < -0.3 is 5.32 Å². The molecule has 1 aliphatic rings. The van der Waals surface area contributed by atoms with Crippen molar-refractivity contribution in [3.05, 3.63) is 21.9 Å². The molecule has 0 spiro atoms. The molecule has 0 radical (unpaired) electrons. The number of amides is 1. The second kappa shape index (κ2) is 10.5. The Morgan fingerprint density at radius 2 is 1.78 bits per heavy atom. The zero-order valence-electron chi connectivity index (χ0n) is 16.7. The third-order valence-electron chi connectivity index (χ3n) is 4.93. The van der Waals surface area contributed by atoms with Gasteiger partial charge in [0.05, 0.1) is 4.88 Å². The van der Waals surface area contributed by atoms with Gasteiger partial charge in [0, 0.05) is 37.1 Å². The summed E-state index contributed by atoms with van der Waals surface area (Å²) in [5.74, 6) is -0.0538. The van der Waals surface area contributed by atoms with E-state index in [-0.39, 0.29) is 11.9 Å². The van der Waals surface area contributed by atoms with E-state index in [1.54, 1.807) is 8.61 Å². The van der Waals surface area contributed by atoms with Crippen molar-refractivity contribution in [2.45, 2.75) is 65.3 Å². The molecule has 6 nitrogen and oxygen atoms in total. The van der Waals surface area contributed by atoms with E-state index in [0.29, 0.717) is 43.9 Å². The molecule has 1 aromatic rings. The summed E-state index contributed by atoms with van der Waals surface area (Å²) in [6.07, 6.45) is 5.05. The summed E-state index contributed by atoms with van der Waals surface area (Å²) in [6.45, 7) is 8.24. The van der Waals surface area contributed by atoms with Crippen molar-refractivity contribution in [2.24, 2.45) is 0 Å². The molecule has 8 heteroatoms. The van der Waals surface area contributed by atoms with Crippen LogP contribution in [0.15, 0.2) is 12.1 Å². The summed E-state index contributed by atoms with van der Waals surface area (Å²) in [7, 11) is -3.41. The summed E-state index contributed by atoms with van der Waals surface area (Å²) in [5.41, 5.74) is 0. The minimum absolute atomic E-state index is 0.0334. The second-order valence-corrected chi connectivity index (χ2v) is 10.4. The quantitative estimate of drug-likeness (QED) is 0.637. The van der Waals surface area contributed by atoms with E-state index in [0.717, 1.165) is 30.6 Å². The van der Waals surface area contributed by atoms with E-state index in [1.165, 1.54) is 11.3 Å². The fraction of sp³-hybridized carbons (Fsp3) is 0.737. The molecule has 0 atom stereocenters. The third kappa shape index (κ3) is 6.27. The Bertz CT molecular complexity index is 687. The second-order valence-electron chi connectivity index (χ2n) is 7.17. The molecule has 0 aliphatic carbocycles. The zero-order chi connectivity index (χ0) is 19.9. The Labute approximate surface area is 168 Å². The van der Waals surface area contributed by atoms with Crippen molar-refractivity contribution in [1.29, 1.82) is 0 Å². The maximum atomic E-state index is 13.0. The molecule has 1 fully saturated rings. The van der Waals surface area contributed by atoms with Crippen LogP contribution in [0.25, 0.3) is 0 Å². The van der Waals surface area contributed by atoms with E-state index in [2.05, 4.69) is 19.2 Å². The molecule has 0 saturated carbocycles. The number of carbonyl (C=O) groups is 1. The van der Waals surface area contributed by atoms with Crippen LogP contribution in [0.1, 0.15) is 66.9 Å². The summed E-state index contributed by atoms with van der Waals surface area (Å²) in [5, 5.41) is 3.05. The topological polar surface area (TPSA) is 69.7 Å². The minimum Gasteiger partial charge on any atom is -0.349 e. The maximum absolute atomic E-state index is 13.0. The van der Waals surface area contributed by atoms with Crippen molar-refractivity contribution in [3.63, 3.8) is 0 Å². The van der Waals surface area contributed by atoms with Gasteiger partial charge in [-0.25, -0.2) is 0 Å². The summed E-state index contributed by atoms with van der Waals surface area (Å²) < 4.78 is 29.3. The fourth-order valence-corrected chi connectivity index (χ4v) is 5.71. The number of carbonyl (C=O) groups excluding carboxylic acids is 1. The number of nitrogens with zero attached hydrogens (tertiary/aromatic N) is 2. The third-order valence-corrected chi connectivity index (χ3v) is 7.96. The molecule has 1 N–H and O–H groups in total. The van der Waals surface area contributed by atoms with E-state index in [1.807, 2.05) is 19.1 Å². The van der Waals surface area contributed by atoms with E-state index in [9.17, 15) is 13.2 Å².